The summed E-state index contributed by atoms with van der Waals surface area (Å²) in [6, 6.07) is 14.4. The second-order valence-corrected chi connectivity index (χ2v) is 9.64. The zero-order valence-electron chi connectivity index (χ0n) is 17.2. The number of amides is 2. The molecule has 0 spiro atoms. The molecule has 2 amide bonds. The number of anilines is 2. The third-order valence-corrected chi connectivity index (χ3v) is 6.99. The van der Waals surface area contributed by atoms with Crippen molar-refractivity contribution < 1.29 is 18.0 Å². The topological polar surface area (TPSA) is 95.6 Å². The molecule has 0 atom stereocenters. The molecule has 2 aromatic rings. The van der Waals surface area contributed by atoms with Gasteiger partial charge in [-0.15, -0.1) is 0 Å². The fraction of sp³-hybridized carbons (Fsp3) is 0.364. The van der Waals surface area contributed by atoms with Crippen molar-refractivity contribution in [2.45, 2.75) is 32.4 Å². The van der Waals surface area contributed by atoms with Gasteiger partial charge < -0.3 is 10.6 Å². The summed E-state index contributed by atoms with van der Waals surface area (Å²) in [6.45, 7) is 4.05. The van der Waals surface area contributed by atoms with E-state index in [9.17, 15) is 18.0 Å². The average Bonchev–Trinajstić information content (AvgIpc) is 2.69. The van der Waals surface area contributed by atoms with Crippen molar-refractivity contribution >= 4 is 33.2 Å². The van der Waals surface area contributed by atoms with Crippen molar-refractivity contribution in [2.75, 3.05) is 23.7 Å². The van der Waals surface area contributed by atoms with E-state index in [4.69, 9.17) is 0 Å². The highest BCUT2D eigenvalue weighted by molar-refractivity contribution is 7.88. The molecule has 0 aromatic heterocycles. The smallest absolute Gasteiger partial charge is 0.227 e. The van der Waals surface area contributed by atoms with Gasteiger partial charge in [-0.1, -0.05) is 35.9 Å². The fourth-order valence-corrected chi connectivity index (χ4v) is 5.07. The molecule has 0 radical (unpaired) electrons. The van der Waals surface area contributed by atoms with Gasteiger partial charge in [-0.2, -0.15) is 0 Å². The molecule has 2 N–H and O–H groups in total. The molecule has 1 aliphatic heterocycles. The Morgan fingerprint density at radius 3 is 2.20 bits per heavy atom. The van der Waals surface area contributed by atoms with Crippen LogP contribution in [0.4, 0.5) is 11.4 Å². The van der Waals surface area contributed by atoms with E-state index in [2.05, 4.69) is 10.6 Å². The Kier molecular flexibility index (Phi) is 6.89. The van der Waals surface area contributed by atoms with Gasteiger partial charge in [-0.3, -0.25) is 9.59 Å². The number of carbonyl (C=O) groups excluding carboxylic acids is 2. The number of nitrogens with zero attached hydrogens (tertiary/aromatic N) is 1. The predicted molar refractivity (Wildman–Crippen MR) is 117 cm³/mol. The van der Waals surface area contributed by atoms with Crippen molar-refractivity contribution in [3.8, 4) is 0 Å². The van der Waals surface area contributed by atoms with Gasteiger partial charge in [0.15, 0.2) is 0 Å². The molecule has 3 rings (SSSR count). The third-order valence-electron chi connectivity index (χ3n) is 5.14. The average molecular weight is 430 g/mol. The highest BCUT2D eigenvalue weighted by Crippen LogP contribution is 2.24. The third kappa shape index (κ3) is 5.90. The Bertz CT molecular complexity index is 1010. The van der Waals surface area contributed by atoms with Gasteiger partial charge in [-0.05, 0) is 43.5 Å². The Balaban J connectivity index is 1.55. The van der Waals surface area contributed by atoms with E-state index in [0.29, 0.717) is 37.3 Å². The minimum Gasteiger partial charge on any atom is -0.326 e. The number of benzene rings is 2. The standard InChI is InChI=1S/C22H27N3O4S/c1-16-6-8-18(9-7-16)15-30(28,29)25-12-10-19(11-13-25)22(27)24-21-5-3-4-20(14-21)23-17(2)26/h3-9,14,19H,10-13,15H2,1-2H3,(H,23,26)(H,24,27). The highest BCUT2D eigenvalue weighted by Gasteiger charge is 2.31. The van der Waals surface area contributed by atoms with Crippen molar-refractivity contribution in [3.05, 3.63) is 59.7 Å². The zero-order chi connectivity index (χ0) is 21.7. The van der Waals surface area contributed by atoms with Crippen LogP contribution in [0.1, 0.15) is 30.9 Å². The monoisotopic (exact) mass is 429 g/mol. The minimum atomic E-state index is -3.41. The van der Waals surface area contributed by atoms with Gasteiger partial charge >= 0.3 is 0 Å². The highest BCUT2D eigenvalue weighted by atomic mass is 32.2. The second kappa shape index (κ2) is 9.40. The van der Waals surface area contributed by atoms with Crippen molar-refractivity contribution in [1.29, 1.82) is 0 Å². The molecular formula is C22H27N3O4S. The lowest BCUT2D eigenvalue weighted by atomic mass is 9.97. The molecule has 1 aliphatic rings. The summed E-state index contributed by atoms with van der Waals surface area (Å²) >= 11 is 0. The van der Waals surface area contributed by atoms with Crippen LogP contribution in [0, 0.1) is 12.8 Å². The van der Waals surface area contributed by atoms with Crippen molar-refractivity contribution in [2.24, 2.45) is 5.92 Å². The molecule has 8 heteroatoms. The number of hydrogen-bond acceptors (Lipinski definition) is 4. The molecule has 0 saturated carbocycles. The summed E-state index contributed by atoms with van der Waals surface area (Å²) in [5, 5.41) is 5.55. The van der Waals surface area contributed by atoms with Crippen molar-refractivity contribution in [3.63, 3.8) is 0 Å². The number of carbonyl (C=O) groups is 2. The van der Waals surface area contributed by atoms with Gasteiger partial charge in [-0.25, -0.2) is 12.7 Å². The first-order valence-corrected chi connectivity index (χ1v) is 11.6. The number of piperidine rings is 1. The molecule has 1 heterocycles. The zero-order valence-corrected chi connectivity index (χ0v) is 18.0. The van der Waals surface area contributed by atoms with Crippen LogP contribution in [0.25, 0.3) is 0 Å². The molecular weight excluding hydrogens is 402 g/mol. The van der Waals surface area contributed by atoms with E-state index in [0.717, 1.165) is 11.1 Å². The normalized spacial score (nSPS) is 15.5. The lowest BCUT2D eigenvalue weighted by Gasteiger charge is -2.30. The van der Waals surface area contributed by atoms with Crippen LogP contribution in [0.5, 0.6) is 0 Å². The van der Waals surface area contributed by atoms with E-state index >= 15 is 0 Å². The second-order valence-electron chi connectivity index (χ2n) is 7.67. The molecule has 2 aromatic carbocycles. The molecule has 0 unspecified atom stereocenters. The summed E-state index contributed by atoms with van der Waals surface area (Å²) in [7, 11) is -3.41. The lowest BCUT2D eigenvalue weighted by molar-refractivity contribution is -0.121. The summed E-state index contributed by atoms with van der Waals surface area (Å²) < 4.78 is 26.9. The first-order valence-electron chi connectivity index (χ1n) is 9.95. The Morgan fingerprint density at radius 1 is 1.00 bits per heavy atom. The predicted octanol–water partition coefficient (Wildman–Crippen LogP) is 3.13. The van der Waals surface area contributed by atoms with Crippen LogP contribution >= 0.6 is 0 Å². The quantitative estimate of drug-likeness (QED) is 0.737. The maximum atomic E-state index is 12.7. The summed E-state index contributed by atoms with van der Waals surface area (Å²) in [4.78, 5) is 23.8. The summed E-state index contributed by atoms with van der Waals surface area (Å²) in [5.41, 5.74) is 3.06. The van der Waals surface area contributed by atoms with Crippen LogP contribution in [0.3, 0.4) is 0 Å². The maximum absolute atomic E-state index is 12.7. The van der Waals surface area contributed by atoms with E-state index in [1.807, 2.05) is 31.2 Å². The molecule has 1 saturated heterocycles. The fourth-order valence-electron chi connectivity index (χ4n) is 3.50. The van der Waals surface area contributed by atoms with Gasteiger partial charge in [0.1, 0.15) is 0 Å². The molecule has 30 heavy (non-hydrogen) atoms. The van der Waals surface area contributed by atoms with Crippen molar-refractivity contribution in [1.82, 2.24) is 4.31 Å². The van der Waals surface area contributed by atoms with Gasteiger partial charge in [0, 0.05) is 37.3 Å². The molecule has 1 fully saturated rings. The summed E-state index contributed by atoms with van der Waals surface area (Å²) in [5.74, 6) is -0.594. The first-order chi connectivity index (χ1) is 14.2. The number of hydrogen-bond donors (Lipinski definition) is 2. The number of rotatable bonds is 6. The van der Waals surface area contributed by atoms with Crippen LogP contribution in [-0.4, -0.2) is 37.6 Å². The van der Waals surface area contributed by atoms with Crippen LogP contribution in [0.15, 0.2) is 48.5 Å². The number of sulfonamides is 1. The minimum absolute atomic E-state index is 0.0277. The SMILES string of the molecule is CC(=O)Nc1cccc(NC(=O)C2CCN(S(=O)(=O)Cc3ccc(C)cc3)CC2)c1. The number of aryl methyl sites for hydroxylation is 1. The van der Waals surface area contributed by atoms with E-state index in [1.54, 1.807) is 24.3 Å². The van der Waals surface area contributed by atoms with E-state index in [-0.39, 0.29) is 23.5 Å². The van der Waals surface area contributed by atoms with Crippen LogP contribution < -0.4 is 10.6 Å². The largest absolute Gasteiger partial charge is 0.326 e. The summed E-state index contributed by atoms with van der Waals surface area (Å²) in [6.07, 6.45) is 0.953. The number of nitrogens with one attached hydrogen (secondary N) is 2. The molecule has 0 aliphatic carbocycles. The molecule has 0 bridgehead atoms. The van der Waals surface area contributed by atoms with Crippen LogP contribution in [-0.2, 0) is 25.4 Å². The van der Waals surface area contributed by atoms with E-state index < -0.39 is 10.0 Å². The Morgan fingerprint density at radius 2 is 1.60 bits per heavy atom. The van der Waals surface area contributed by atoms with E-state index in [1.165, 1.54) is 11.2 Å². The Labute approximate surface area is 177 Å². The lowest BCUT2D eigenvalue weighted by Crippen LogP contribution is -2.41. The first kappa shape index (κ1) is 22.0. The Hall–Kier alpha value is -2.71. The maximum Gasteiger partial charge on any atom is 0.227 e. The van der Waals surface area contributed by atoms with Gasteiger partial charge in [0.2, 0.25) is 21.8 Å². The van der Waals surface area contributed by atoms with Gasteiger partial charge in [0.05, 0.1) is 5.75 Å². The van der Waals surface area contributed by atoms with Gasteiger partial charge in [0.25, 0.3) is 0 Å². The molecule has 160 valence electrons. The van der Waals surface area contributed by atoms with Crippen LogP contribution in [0.2, 0.25) is 0 Å². The molecule has 7 nitrogen and oxygen atoms in total.